The van der Waals surface area contributed by atoms with Crippen molar-refractivity contribution < 1.29 is 14.6 Å². The second-order valence-corrected chi connectivity index (χ2v) is 5.87. The van der Waals surface area contributed by atoms with Gasteiger partial charge < -0.3 is 9.84 Å². The number of hydrogen-bond donors (Lipinski definition) is 1. The van der Waals surface area contributed by atoms with Crippen LogP contribution in [-0.4, -0.2) is 48.8 Å². The highest BCUT2D eigenvalue weighted by atomic mass is 16.5. The number of nitrogens with zero attached hydrogens (tertiary/aromatic N) is 1. The van der Waals surface area contributed by atoms with Gasteiger partial charge in [-0.05, 0) is 38.1 Å². The first-order valence-corrected chi connectivity index (χ1v) is 6.31. The molecular formula is C13H25NO3. The predicted octanol–water partition coefficient (Wildman–Crippen LogP) is 1.99. The zero-order chi connectivity index (χ0) is 13.1. The van der Waals surface area contributed by atoms with Crippen LogP contribution in [-0.2, 0) is 9.53 Å². The lowest BCUT2D eigenvalue weighted by Gasteiger charge is -2.40. The Labute approximate surface area is 104 Å². The van der Waals surface area contributed by atoms with E-state index in [4.69, 9.17) is 4.74 Å². The Kier molecular flexibility index (Phi) is 4.95. The van der Waals surface area contributed by atoms with Crippen molar-refractivity contribution in [1.82, 2.24) is 4.90 Å². The molecule has 1 saturated carbocycles. The topological polar surface area (TPSA) is 49.8 Å². The van der Waals surface area contributed by atoms with E-state index >= 15 is 0 Å². The Hall–Kier alpha value is -0.610. The summed E-state index contributed by atoms with van der Waals surface area (Å²) in [4.78, 5) is 13.2. The molecule has 1 atom stereocenters. The lowest BCUT2D eigenvalue weighted by Crippen LogP contribution is -2.49. The summed E-state index contributed by atoms with van der Waals surface area (Å²) in [7, 11) is 3.45. The summed E-state index contributed by atoms with van der Waals surface area (Å²) >= 11 is 0. The maximum atomic E-state index is 11.2. The summed E-state index contributed by atoms with van der Waals surface area (Å²) in [6, 6.07) is -0.148. The molecule has 0 bridgehead atoms. The van der Waals surface area contributed by atoms with Crippen LogP contribution in [0.4, 0.5) is 0 Å². The Morgan fingerprint density at radius 1 is 1.47 bits per heavy atom. The molecule has 1 unspecified atom stereocenters. The Bertz CT molecular complexity index is 255. The van der Waals surface area contributed by atoms with Crippen LogP contribution >= 0.6 is 0 Å². The molecule has 1 fully saturated rings. The van der Waals surface area contributed by atoms with Crippen LogP contribution < -0.4 is 0 Å². The molecule has 0 saturated heterocycles. The molecule has 0 heterocycles. The average Bonchev–Trinajstić information content (AvgIpc) is 2.24. The van der Waals surface area contributed by atoms with Gasteiger partial charge in [0.15, 0.2) is 0 Å². The second kappa shape index (κ2) is 5.83. The summed E-state index contributed by atoms with van der Waals surface area (Å²) in [6.45, 7) is 4.83. The van der Waals surface area contributed by atoms with Crippen LogP contribution in [0.1, 0.15) is 39.5 Å². The van der Waals surface area contributed by atoms with Crippen molar-refractivity contribution in [2.24, 2.45) is 5.41 Å². The molecule has 0 aromatic rings. The van der Waals surface area contributed by atoms with Gasteiger partial charge in [-0.3, -0.25) is 9.69 Å². The summed E-state index contributed by atoms with van der Waals surface area (Å²) in [6.07, 6.45) is 4.50. The van der Waals surface area contributed by atoms with Gasteiger partial charge in [-0.2, -0.15) is 0 Å². The normalized spacial score (nSPS) is 22.6. The Morgan fingerprint density at radius 2 is 2.00 bits per heavy atom. The van der Waals surface area contributed by atoms with Crippen LogP contribution in [0.5, 0.6) is 0 Å². The molecule has 100 valence electrons. The molecule has 0 radical (unpaired) electrons. The van der Waals surface area contributed by atoms with E-state index in [1.165, 1.54) is 12.8 Å². The predicted molar refractivity (Wildman–Crippen MR) is 67.1 cm³/mol. The monoisotopic (exact) mass is 243 g/mol. The number of carboxylic acids is 1. The molecule has 17 heavy (non-hydrogen) atoms. The first kappa shape index (κ1) is 14.5. The lowest BCUT2D eigenvalue weighted by molar-refractivity contribution is -0.146. The van der Waals surface area contributed by atoms with Crippen LogP contribution in [0.25, 0.3) is 0 Å². The highest BCUT2D eigenvalue weighted by Crippen LogP contribution is 2.36. The molecule has 1 N–H and O–H groups in total. The maximum absolute atomic E-state index is 11.2. The van der Waals surface area contributed by atoms with E-state index in [2.05, 4.69) is 13.8 Å². The third-order valence-electron chi connectivity index (χ3n) is 3.99. The number of carbonyl (C=O) groups is 1. The molecule has 4 nitrogen and oxygen atoms in total. The second-order valence-electron chi connectivity index (χ2n) is 5.87. The van der Waals surface area contributed by atoms with Crippen molar-refractivity contribution in [3.63, 3.8) is 0 Å². The fourth-order valence-corrected chi connectivity index (χ4v) is 2.57. The maximum Gasteiger partial charge on any atom is 0.323 e. The molecule has 0 spiro atoms. The van der Waals surface area contributed by atoms with Crippen LogP contribution in [0.3, 0.4) is 0 Å². The molecule has 0 amide bonds. The van der Waals surface area contributed by atoms with Gasteiger partial charge in [-0.15, -0.1) is 0 Å². The van der Waals surface area contributed by atoms with E-state index < -0.39 is 12.0 Å². The van der Waals surface area contributed by atoms with Crippen molar-refractivity contribution in [2.45, 2.75) is 51.6 Å². The summed E-state index contributed by atoms with van der Waals surface area (Å²) in [5.41, 5.74) is 0.414. The highest BCUT2D eigenvalue weighted by Gasteiger charge is 2.33. The molecule has 1 rings (SSSR count). The SMILES string of the molecule is COCC(C(=O)O)N(C)C1CCC(C)(C)CC1. The summed E-state index contributed by atoms with van der Waals surface area (Å²) in [5.74, 6) is -0.792. The molecule has 0 aromatic carbocycles. The molecular weight excluding hydrogens is 218 g/mol. The number of carboxylic acid groups (broad SMARTS) is 1. The van der Waals surface area contributed by atoms with E-state index in [1.54, 1.807) is 7.11 Å². The minimum absolute atomic E-state index is 0.256. The largest absolute Gasteiger partial charge is 0.480 e. The fourth-order valence-electron chi connectivity index (χ4n) is 2.57. The molecule has 0 aliphatic heterocycles. The van der Waals surface area contributed by atoms with E-state index in [0.29, 0.717) is 11.5 Å². The van der Waals surface area contributed by atoms with Gasteiger partial charge in [0.1, 0.15) is 6.04 Å². The number of likely N-dealkylation sites (N-methyl/N-ethyl adjacent to an activating group) is 1. The Morgan fingerprint density at radius 3 is 2.41 bits per heavy atom. The van der Waals surface area contributed by atoms with Crippen LogP contribution in [0, 0.1) is 5.41 Å². The van der Waals surface area contributed by atoms with Crippen molar-refractivity contribution in [1.29, 1.82) is 0 Å². The molecule has 1 aliphatic rings. The third-order valence-corrected chi connectivity index (χ3v) is 3.99. The highest BCUT2D eigenvalue weighted by molar-refractivity contribution is 5.73. The molecule has 4 heteroatoms. The number of ether oxygens (including phenoxy) is 1. The van der Waals surface area contributed by atoms with E-state index in [9.17, 15) is 9.90 Å². The van der Waals surface area contributed by atoms with Gasteiger partial charge in [0.05, 0.1) is 6.61 Å². The smallest absolute Gasteiger partial charge is 0.323 e. The van der Waals surface area contributed by atoms with Crippen LogP contribution in [0.2, 0.25) is 0 Å². The van der Waals surface area contributed by atoms with Gasteiger partial charge in [-0.1, -0.05) is 13.8 Å². The minimum Gasteiger partial charge on any atom is -0.480 e. The number of aliphatic carboxylic acids is 1. The molecule has 0 aromatic heterocycles. The number of rotatable bonds is 5. The lowest BCUT2D eigenvalue weighted by atomic mass is 9.75. The molecule has 1 aliphatic carbocycles. The standard InChI is InChI=1S/C13H25NO3/c1-13(2)7-5-10(6-8-13)14(3)11(9-17-4)12(15)16/h10-11H,5-9H2,1-4H3,(H,15,16). The zero-order valence-electron chi connectivity index (χ0n) is 11.4. The first-order chi connectivity index (χ1) is 7.87. The van der Waals surface area contributed by atoms with Gasteiger partial charge in [0.25, 0.3) is 0 Å². The Balaban J connectivity index is 2.57. The van der Waals surface area contributed by atoms with Gasteiger partial charge in [-0.25, -0.2) is 0 Å². The van der Waals surface area contributed by atoms with E-state index in [1.807, 2.05) is 11.9 Å². The van der Waals surface area contributed by atoms with Crippen molar-refractivity contribution in [3.05, 3.63) is 0 Å². The number of hydrogen-bond acceptors (Lipinski definition) is 3. The average molecular weight is 243 g/mol. The van der Waals surface area contributed by atoms with Crippen molar-refractivity contribution in [3.8, 4) is 0 Å². The minimum atomic E-state index is -0.792. The van der Waals surface area contributed by atoms with Gasteiger partial charge in [0.2, 0.25) is 0 Å². The number of methoxy groups -OCH3 is 1. The van der Waals surface area contributed by atoms with Gasteiger partial charge in [0, 0.05) is 13.2 Å². The third kappa shape index (κ3) is 3.96. The van der Waals surface area contributed by atoms with Gasteiger partial charge >= 0.3 is 5.97 Å². The van der Waals surface area contributed by atoms with E-state index in [-0.39, 0.29) is 6.61 Å². The first-order valence-electron chi connectivity index (χ1n) is 6.31. The van der Waals surface area contributed by atoms with Crippen molar-refractivity contribution in [2.75, 3.05) is 20.8 Å². The van der Waals surface area contributed by atoms with Crippen LogP contribution in [0.15, 0.2) is 0 Å². The van der Waals surface area contributed by atoms with E-state index in [0.717, 1.165) is 12.8 Å². The van der Waals surface area contributed by atoms with Crippen molar-refractivity contribution >= 4 is 5.97 Å². The fraction of sp³-hybridized carbons (Fsp3) is 0.923. The summed E-state index contributed by atoms with van der Waals surface area (Å²) < 4.78 is 5.00. The quantitative estimate of drug-likeness (QED) is 0.802. The zero-order valence-corrected chi connectivity index (χ0v) is 11.4. The summed E-state index contributed by atoms with van der Waals surface area (Å²) in [5, 5.41) is 9.19.